The molecular formula is C25H23N3O3S. The van der Waals surface area contributed by atoms with Gasteiger partial charge in [-0.1, -0.05) is 30.0 Å². The van der Waals surface area contributed by atoms with E-state index in [-0.39, 0.29) is 11.3 Å². The summed E-state index contributed by atoms with van der Waals surface area (Å²) in [6.07, 6.45) is 1.73. The Hall–Kier alpha value is -3.45. The van der Waals surface area contributed by atoms with Crippen LogP contribution in [0.25, 0.3) is 16.7 Å². The van der Waals surface area contributed by atoms with E-state index < -0.39 is 0 Å². The fourth-order valence-electron chi connectivity index (χ4n) is 3.35. The minimum atomic E-state index is -0.169. The molecule has 32 heavy (non-hydrogen) atoms. The summed E-state index contributed by atoms with van der Waals surface area (Å²) in [5, 5.41) is 1.06. The van der Waals surface area contributed by atoms with Gasteiger partial charge in [0.15, 0.2) is 10.9 Å². The van der Waals surface area contributed by atoms with E-state index in [9.17, 15) is 9.59 Å². The van der Waals surface area contributed by atoms with Gasteiger partial charge in [-0.25, -0.2) is 14.5 Å². The standard InChI is InChI=1S/C25H23N3O3S/c1-4-31-22-11-10-18(17(3)29)13-19(22)15-32-25-27-21-8-6-5-7-20(21)24(30)28(25)23-12-9-16(2)14-26-23/h5-14H,4,15H2,1-3H3. The quantitative estimate of drug-likeness (QED) is 0.227. The number of carbonyl (C=O) groups excluding carboxylic acids is 1. The zero-order chi connectivity index (χ0) is 22.7. The number of carbonyl (C=O) groups is 1. The van der Waals surface area contributed by atoms with Crippen LogP contribution in [0.1, 0.15) is 35.3 Å². The first-order valence-electron chi connectivity index (χ1n) is 10.3. The molecule has 0 atom stereocenters. The summed E-state index contributed by atoms with van der Waals surface area (Å²) in [5.74, 6) is 1.70. The first-order valence-corrected chi connectivity index (χ1v) is 11.3. The van der Waals surface area contributed by atoms with Crippen LogP contribution in [0.2, 0.25) is 0 Å². The van der Waals surface area contributed by atoms with Crippen molar-refractivity contribution in [2.75, 3.05) is 6.61 Å². The van der Waals surface area contributed by atoms with Crippen molar-refractivity contribution in [1.82, 2.24) is 14.5 Å². The lowest BCUT2D eigenvalue weighted by Gasteiger charge is -2.14. The van der Waals surface area contributed by atoms with Gasteiger partial charge in [-0.15, -0.1) is 0 Å². The van der Waals surface area contributed by atoms with Gasteiger partial charge in [-0.05, 0) is 62.7 Å². The lowest BCUT2D eigenvalue weighted by molar-refractivity contribution is 0.101. The van der Waals surface area contributed by atoms with Crippen LogP contribution >= 0.6 is 11.8 Å². The SMILES string of the molecule is CCOc1ccc(C(C)=O)cc1CSc1nc2ccccc2c(=O)n1-c1ccc(C)cn1. The van der Waals surface area contributed by atoms with Crippen molar-refractivity contribution in [3.63, 3.8) is 0 Å². The van der Waals surface area contributed by atoms with Crippen LogP contribution in [0, 0.1) is 6.92 Å². The highest BCUT2D eigenvalue weighted by Crippen LogP contribution is 2.29. The molecule has 0 saturated heterocycles. The number of pyridine rings is 1. The Morgan fingerprint density at radius 3 is 2.66 bits per heavy atom. The zero-order valence-corrected chi connectivity index (χ0v) is 19.0. The number of aryl methyl sites for hydroxylation is 1. The third kappa shape index (κ3) is 4.43. The highest BCUT2D eigenvalue weighted by atomic mass is 32.2. The summed E-state index contributed by atoms with van der Waals surface area (Å²) in [5.41, 5.74) is 2.96. The maximum Gasteiger partial charge on any atom is 0.267 e. The molecule has 7 heteroatoms. The Morgan fingerprint density at radius 1 is 1.12 bits per heavy atom. The second kappa shape index (κ2) is 9.36. The van der Waals surface area contributed by atoms with Crippen molar-refractivity contribution < 1.29 is 9.53 Å². The van der Waals surface area contributed by atoms with Gasteiger partial charge in [0.05, 0.1) is 17.5 Å². The normalized spacial score (nSPS) is 11.0. The monoisotopic (exact) mass is 445 g/mol. The lowest BCUT2D eigenvalue weighted by Crippen LogP contribution is -2.22. The van der Waals surface area contributed by atoms with E-state index >= 15 is 0 Å². The fraction of sp³-hybridized carbons (Fsp3) is 0.200. The molecule has 0 radical (unpaired) electrons. The van der Waals surface area contributed by atoms with E-state index in [2.05, 4.69) is 4.98 Å². The van der Waals surface area contributed by atoms with Gasteiger partial charge < -0.3 is 4.74 Å². The second-order valence-electron chi connectivity index (χ2n) is 7.35. The number of nitrogens with zero attached hydrogens (tertiary/aromatic N) is 3. The van der Waals surface area contributed by atoms with Gasteiger partial charge in [0.25, 0.3) is 5.56 Å². The van der Waals surface area contributed by atoms with E-state index in [0.29, 0.717) is 45.5 Å². The number of hydrogen-bond acceptors (Lipinski definition) is 6. The van der Waals surface area contributed by atoms with Gasteiger partial charge >= 0.3 is 0 Å². The molecule has 4 rings (SSSR count). The number of Topliss-reactive ketones (excluding diaryl/α,β-unsaturated/α-hetero) is 1. The summed E-state index contributed by atoms with van der Waals surface area (Å²) in [7, 11) is 0. The lowest BCUT2D eigenvalue weighted by atomic mass is 10.1. The molecule has 0 spiro atoms. The van der Waals surface area contributed by atoms with Crippen LogP contribution in [0.5, 0.6) is 5.75 Å². The molecule has 0 unspecified atom stereocenters. The van der Waals surface area contributed by atoms with Crippen molar-refractivity contribution >= 4 is 28.4 Å². The molecule has 0 fully saturated rings. The third-order valence-corrected chi connectivity index (χ3v) is 5.98. The van der Waals surface area contributed by atoms with Crippen molar-refractivity contribution in [3.8, 4) is 11.6 Å². The molecule has 4 aromatic rings. The minimum Gasteiger partial charge on any atom is -0.494 e. The molecule has 0 N–H and O–H groups in total. The van der Waals surface area contributed by atoms with Crippen LogP contribution in [-0.2, 0) is 5.75 Å². The maximum atomic E-state index is 13.4. The second-order valence-corrected chi connectivity index (χ2v) is 8.29. The van der Waals surface area contributed by atoms with E-state index in [0.717, 1.165) is 11.1 Å². The molecule has 0 saturated carbocycles. The van der Waals surface area contributed by atoms with Gasteiger partial charge in [-0.2, -0.15) is 0 Å². The van der Waals surface area contributed by atoms with Crippen LogP contribution < -0.4 is 10.3 Å². The summed E-state index contributed by atoms with van der Waals surface area (Å²) < 4.78 is 7.30. The molecular weight excluding hydrogens is 422 g/mol. The average molecular weight is 446 g/mol. The van der Waals surface area contributed by atoms with Gasteiger partial charge in [0, 0.05) is 23.1 Å². The summed E-state index contributed by atoms with van der Waals surface area (Å²) in [6.45, 7) is 5.92. The zero-order valence-electron chi connectivity index (χ0n) is 18.2. The van der Waals surface area contributed by atoms with Crippen molar-refractivity contribution in [3.05, 3.63) is 87.8 Å². The molecule has 2 aromatic heterocycles. The maximum absolute atomic E-state index is 13.4. The van der Waals surface area contributed by atoms with Gasteiger partial charge in [-0.3, -0.25) is 9.59 Å². The van der Waals surface area contributed by atoms with E-state index in [1.807, 2.05) is 56.3 Å². The number of ether oxygens (including phenoxy) is 1. The Morgan fingerprint density at radius 2 is 1.94 bits per heavy atom. The van der Waals surface area contributed by atoms with Crippen LogP contribution in [0.15, 0.2) is 70.7 Å². The molecule has 2 heterocycles. The van der Waals surface area contributed by atoms with Crippen molar-refractivity contribution in [2.45, 2.75) is 31.7 Å². The molecule has 0 bridgehead atoms. The topological polar surface area (TPSA) is 74.1 Å². The van der Waals surface area contributed by atoms with E-state index in [4.69, 9.17) is 9.72 Å². The Labute approximate surface area is 190 Å². The Bertz CT molecular complexity index is 1350. The highest BCUT2D eigenvalue weighted by Gasteiger charge is 2.16. The molecule has 0 amide bonds. The number of hydrogen-bond donors (Lipinski definition) is 0. The van der Waals surface area contributed by atoms with E-state index in [1.54, 1.807) is 22.9 Å². The number of para-hydroxylation sites is 1. The number of fused-ring (bicyclic) bond motifs is 1. The molecule has 0 aliphatic heterocycles. The number of thioether (sulfide) groups is 1. The average Bonchev–Trinajstić information content (AvgIpc) is 2.79. The third-order valence-electron chi connectivity index (χ3n) is 4.99. The first kappa shape index (κ1) is 21.8. The summed E-state index contributed by atoms with van der Waals surface area (Å²) in [4.78, 5) is 34.5. The van der Waals surface area contributed by atoms with Crippen molar-refractivity contribution in [2.24, 2.45) is 0 Å². The Kier molecular flexibility index (Phi) is 6.37. The molecule has 0 aliphatic rings. The number of ketones is 1. The first-order chi connectivity index (χ1) is 15.5. The molecule has 0 aliphatic carbocycles. The number of aromatic nitrogens is 3. The predicted octanol–water partition coefficient (Wildman–Crippen LogP) is 4.98. The van der Waals surface area contributed by atoms with Crippen LogP contribution in [-0.4, -0.2) is 26.9 Å². The number of benzene rings is 2. The largest absolute Gasteiger partial charge is 0.494 e. The minimum absolute atomic E-state index is 0.0103. The molecule has 2 aromatic carbocycles. The number of rotatable bonds is 7. The molecule has 6 nitrogen and oxygen atoms in total. The summed E-state index contributed by atoms with van der Waals surface area (Å²) in [6, 6.07) is 16.5. The molecule has 162 valence electrons. The van der Waals surface area contributed by atoms with Gasteiger partial charge in [0.2, 0.25) is 0 Å². The van der Waals surface area contributed by atoms with Crippen LogP contribution in [0.4, 0.5) is 0 Å². The fourth-order valence-corrected chi connectivity index (χ4v) is 4.33. The smallest absolute Gasteiger partial charge is 0.267 e. The summed E-state index contributed by atoms with van der Waals surface area (Å²) >= 11 is 1.41. The Balaban J connectivity index is 1.80. The van der Waals surface area contributed by atoms with E-state index in [1.165, 1.54) is 18.7 Å². The van der Waals surface area contributed by atoms with Crippen LogP contribution in [0.3, 0.4) is 0 Å². The predicted molar refractivity (Wildman–Crippen MR) is 127 cm³/mol. The van der Waals surface area contributed by atoms with Gasteiger partial charge in [0.1, 0.15) is 11.6 Å². The highest BCUT2D eigenvalue weighted by molar-refractivity contribution is 7.98. The van der Waals surface area contributed by atoms with Crippen molar-refractivity contribution in [1.29, 1.82) is 0 Å².